The lowest BCUT2D eigenvalue weighted by atomic mass is 9.88. The number of para-hydroxylation sites is 1. The van der Waals surface area contributed by atoms with E-state index in [9.17, 15) is 4.79 Å². The third-order valence-corrected chi connectivity index (χ3v) is 7.25. The van der Waals surface area contributed by atoms with Gasteiger partial charge in [0, 0.05) is 26.2 Å². The van der Waals surface area contributed by atoms with Gasteiger partial charge in [-0.05, 0) is 42.5 Å². The summed E-state index contributed by atoms with van der Waals surface area (Å²) in [4.78, 5) is 22.2. The normalized spacial score (nSPS) is 20.2. The molecular formula is C24H28N4OS. The number of benzene rings is 2. The molecule has 0 saturated carbocycles. The largest absolute Gasteiger partial charge is 0.348 e. The van der Waals surface area contributed by atoms with Crippen molar-refractivity contribution in [3.05, 3.63) is 64.7 Å². The molecule has 1 aliphatic carbocycles. The monoisotopic (exact) mass is 420 g/mol. The molecule has 5 rings (SSSR count). The maximum atomic E-state index is 12.7. The Morgan fingerprint density at radius 1 is 1.03 bits per heavy atom. The molecule has 5 nitrogen and oxygen atoms in total. The SMILES string of the molecule is O=C(CN1CCN(Cc2nc3ccccc3s2)CC1)NC1CCCc2ccccc21. The van der Waals surface area contributed by atoms with E-state index in [2.05, 4.69) is 57.6 Å². The molecule has 1 fully saturated rings. The maximum absolute atomic E-state index is 12.7. The van der Waals surface area contributed by atoms with Crippen LogP contribution >= 0.6 is 11.3 Å². The average molecular weight is 421 g/mol. The van der Waals surface area contributed by atoms with Crippen molar-refractivity contribution in [3.63, 3.8) is 0 Å². The lowest BCUT2D eigenvalue weighted by Crippen LogP contribution is -2.49. The van der Waals surface area contributed by atoms with Gasteiger partial charge in [-0.3, -0.25) is 14.6 Å². The predicted molar refractivity (Wildman–Crippen MR) is 122 cm³/mol. The Kier molecular flexibility index (Phi) is 5.79. The summed E-state index contributed by atoms with van der Waals surface area (Å²) >= 11 is 1.79. The molecule has 0 bridgehead atoms. The molecule has 1 aromatic heterocycles. The number of hydrogen-bond donors (Lipinski definition) is 1. The van der Waals surface area contributed by atoms with Crippen LogP contribution in [0.25, 0.3) is 10.2 Å². The van der Waals surface area contributed by atoms with Gasteiger partial charge in [0.15, 0.2) is 0 Å². The summed E-state index contributed by atoms with van der Waals surface area (Å²) < 4.78 is 1.26. The Labute approximate surface area is 181 Å². The molecule has 1 saturated heterocycles. The standard InChI is InChI=1S/C24H28N4OS/c29-23(25-20-10-5-7-18-6-1-2-8-19(18)20)16-27-12-14-28(15-13-27)17-24-26-21-9-3-4-11-22(21)30-24/h1-4,6,8-9,11,20H,5,7,10,12-17H2,(H,25,29). The van der Waals surface area contributed by atoms with Gasteiger partial charge in [0.05, 0.1) is 29.3 Å². The summed E-state index contributed by atoms with van der Waals surface area (Å²) in [5, 5.41) is 4.46. The fraction of sp³-hybridized carbons (Fsp3) is 0.417. The number of aromatic nitrogens is 1. The summed E-state index contributed by atoms with van der Waals surface area (Å²) in [5.41, 5.74) is 3.78. The van der Waals surface area contributed by atoms with Crippen molar-refractivity contribution in [2.75, 3.05) is 32.7 Å². The van der Waals surface area contributed by atoms with Crippen LogP contribution in [0.5, 0.6) is 0 Å². The van der Waals surface area contributed by atoms with Gasteiger partial charge in [-0.2, -0.15) is 0 Å². The molecule has 2 heterocycles. The molecule has 1 aliphatic heterocycles. The van der Waals surface area contributed by atoms with E-state index in [4.69, 9.17) is 4.98 Å². The molecule has 6 heteroatoms. The van der Waals surface area contributed by atoms with Gasteiger partial charge in [-0.1, -0.05) is 36.4 Å². The first kappa shape index (κ1) is 19.7. The van der Waals surface area contributed by atoms with Crippen molar-refractivity contribution in [1.29, 1.82) is 0 Å². The van der Waals surface area contributed by atoms with E-state index in [0.717, 1.165) is 57.5 Å². The average Bonchev–Trinajstić information content (AvgIpc) is 3.18. The van der Waals surface area contributed by atoms with Crippen molar-refractivity contribution in [1.82, 2.24) is 20.1 Å². The highest BCUT2D eigenvalue weighted by Gasteiger charge is 2.24. The number of piperazine rings is 1. The molecule has 1 amide bonds. The first-order chi connectivity index (χ1) is 14.7. The van der Waals surface area contributed by atoms with Crippen LogP contribution in [0.4, 0.5) is 0 Å². The van der Waals surface area contributed by atoms with Gasteiger partial charge in [-0.15, -0.1) is 11.3 Å². The van der Waals surface area contributed by atoms with Crippen molar-refractivity contribution >= 4 is 27.5 Å². The third kappa shape index (κ3) is 4.41. The predicted octanol–water partition coefficient (Wildman–Crippen LogP) is 3.61. The lowest BCUT2D eigenvalue weighted by Gasteiger charge is -2.34. The molecule has 1 N–H and O–H groups in total. The van der Waals surface area contributed by atoms with Gasteiger partial charge >= 0.3 is 0 Å². The lowest BCUT2D eigenvalue weighted by molar-refractivity contribution is -0.123. The van der Waals surface area contributed by atoms with Crippen LogP contribution in [-0.2, 0) is 17.8 Å². The summed E-state index contributed by atoms with van der Waals surface area (Å²) in [6, 6.07) is 17.0. The van der Waals surface area contributed by atoms with E-state index >= 15 is 0 Å². The highest BCUT2D eigenvalue weighted by molar-refractivity contribution is 7.18. The van der Waals surface area contributed by atoms with Gasteiger partial charge in [0.2, 0.25) is 5.91 Å². The number of nitrogens with zero attached hydrogens (tertiary/aromatic N) is 3. The Hall–Kier alpha value is -2.28. The molecule has 0 radical (unpaired) electrons. The molecule has 30 heavy (non-hydrogen) atoms. The second kappa shape index (κ2) is 8.84. The molecular weight excluding hydrogens is 392 g/mol. The number of rotatable bonds is 5. The van der Waals surface area contributed by atoms with Crippen LogP contribution in [-0.4, -0.2) is 53.4 Å². The molecule has 3 aromatic rings. The smallest absolute Gasteiger partial charge is 0.234 e. The number of nitrogens with one attached hydrogen (secondary N) is 1. The maximum Gasteiger partial charge on any atom is 0.234 e. The number of hydrogen-bond acceptors (Lipinski definition) is 5. The second-order valence-electron chi connectivity index (χ2n) is 8.34. The quantitative estimate of drug-likeness (QED) is 0.685. The molecule has 1 atom stereocenters. The number of aryl methyl sites for hydroxylation is 1. The molecule has 0 spiro atoms. The summed E-state index contributed by atoms with van der Waals surface area (Å²) in [7, 11) is 0. The zero-order valence-electron chi connectivity index (χ0n) is 17.2. The zero-order valence-corrected chi connectivity index (χ0v) is 18.0. The zero-order chi connectivity index (χ0) is 20.3. The van der Waals surface area contributed by atoms with E-state index in [-0.39, 0.29) is 11.9 Å². The number of amides is 1. The molecule has 156 valence electrons. The fourth-order valence-corrected chi connectivity index (χ4v) is 5.64. The second-order valence-corrected chi connectivity index (χ2v) is 9.45. The first-order valence-corrected chi connectivity index (χ1v) is 11.7. The van der Waals surface area contributed by atoms with Crippen LogP contribution in [0.15, 0.2) is 48.5 Å². The van der Waals surface area contributed by atoms with Crippen molar-refractivity contribution < 1.29 is 4.79 Å². The Bertz CT molecular complexity index is 992. The minimum absolute atomic E-state index is 0.149. The number of thiazole rings is 1. The fourth-order valence-electron chi connectivity index (χ4n) is 4.63. The van der Waals surface area contributed by atoms with Crippen molar-refractivity contribution in [3.8, 4) is 0 Å². The summed E-state index contributed by atoms with van der Waals surface area (Å²) in [6.07, 6.45) is 3.31. The summed E-state index contributed by atoms with van der Waals surface area (Å²) in [6.45, 7) is 5.22. The van der Waals surface area contributed by atoms with Gasteiger partial charge < -0.3 is 5.32 Å². The highest BCUT2D eigenvalue weighted by Crippen LogP contribution is 2.29. The Balaban J connectivity index is 1.11. The Morgan fingerprint density at radius 2 is 1.80 bits per heavy atom. The van der Waals surface area contributed by atoms with Gasteiger partial charge in [0.25, 0.3) is 0 Å². The first-order valence-electron chi connectivity index (χ1n) is 10.9. The number of fused-ring (bicyclic) bond motifs is 2. The van der Waals surface area contributed by atoms with E-state index in [1.807, 2.05) is 6.07 Å². The molecule has 1 unspecified atom stereocenters. The van der Waals surface area contributed by atoms with Crippen LogP contribution < -0.4 is 5.32 Å². The van der Waals surface area contributed by atoms with Crippen LogP contribution in [0, 0.1) is 0 Å². The van der Waals surface area contributed by atoms with E-state index in [1.54, 1.807) is 11.3 Å². The van der Waals surface area contributed by atoms with Crippen LogP contribution in [0.3, 0.4) is 0 Å². The molecule has 2 aliphatic rings. The van der Waals surface area contributed by atoms with Crippen molar-refractivity contribution in [2.24, 2.45) is 0 Å². The summed E-state index contributed by atoms with van der Waals surface area (Å²) in [5.74, 6) is 0.149. The van der Waals surface area contributed by atoms with E-state index in [1.165, 1.54) is 20.8 Å². The van der Waals surface area contributed by atoms with Crippen LogP contribution in [0.2, 0.25) is 0 Å². The minimum atomic E-state index is 0.149. The highest BCUT2D eigenvalue weighted by atomic mass is 32.1. The van der Waals surface area contributed by atoms with E-state index < -0.39 is 0 Å². The van der Waals surface area contributed by atoms with Gasteiger partial charge in [0.1, 0.15) is 5.01 Å². The van der Waals surface area contributed by atoms with Crippen molar-refractivity contribution in [2.45, 2.75) is 31.8 Å². The van der Waals surface area contributed by atoms with Gasteiger partial charge in [-0.25, -0.2) is 4.98 Å². The molecule has 2 aromatic carbocycles. The van der Waals surface area contributed by atoms with Crippen LogP contribution in [0.1, 0.15) is 35.0 Å². The topological polar surface area (TPSA) is 48.5 Å². The number of carbonyl (C=O) groups is 1. The number of carbonyl (C=O) groups excluding carboxylic acids is 1. The minimum Gasteiger partial charge on any atom is -0.348 e. The third-order valence-electron chi connectivity index (χ3n) is 6.23. The Morgan fingerprint density at radius 3 is 2.67 bits per heavy atom. The van der Waals surface area contributed by atoms with E-state index in [0.29, 0.717) is 6.54 Å².